The van der Waals surface area contributed by atoms with Gasteiger partial charge >= 0.3 is 6.61 Å². The molecule has 29 heavy (non-hydrogen) atoms. The number of ether oxygens (including phenoxy) is 1. The van der Waals surface area contributed by atoms with Gasteiger partial charge in [0.25, 0.3) is 0 Å². The van der Waals surface area contributed by atoms with Crippen LogP contribution < -0.4 is 10.1 Å². The summed E-state index contributed by atoms with van der Waals surface area (Å²) in [4.78, 5) is 12.6. The van der Waals surface area contributed by atoms with Gasteiger partial charge in [0.15, 0.2) is 11.0 Å². The highest BCUT2D eigenvalue weighted by molar-refractivity contribution is 8.00. The number of amides is 1. The quantitative estimate of drug-likeness (QED) is 0.538. The van der Waals surface area contributed by atoms with Crippen molar-refractivity contribution in [2.45, 2.75) is 37.4 Å². The maximum absolute atomic E-state index is 12.6. The van der Waals surface area contributed by atoms with Crippen molar-refractivity contribution in [1.82, 2.24) is 14.8 Å². The fourth-order valence-corrected chi connectivity index (χ4v) is 3.59. The van der Waals surface area contributed by atoms with Crippen molar-refractivity contribution in [3.63, 3.8) is 0 Å². The third-order valence-corrected chi connectivity index (χ3v) is 5.16. The second kappa shape index (κ2) is 9.51. The van der Waals surface area contributed by atoms with Crippen LogP contribution in [0.3, 0.4) is 0 Å². The zero-order valence-electron chi connectivity index (χ0n) is 15.9. The SMILES string of the molecule is CCn1c(S[C@@H](C)C(=O)Nc2ccccc2OC(F)F)nnc1-c1ccccc1. The number of carbonyl (C=O) groups excluding carboxylic acids is 1. The van der Waals surface area contributed by atoms with Crippen molar-refractivity contribution >= 4 is 23.4 Å². The first kappa shape index (κ1) is 20.8. The number of para-hydroxylation sites is 2. The molecule has 0 unspecified atom stereocenters. The van der Waals surface area contributed by atoms with Crippen LogP contribution >= 0.6 is 11.8 Å². The molecule has 9 heteroatoms. The molecule has 0 radical (unpaired) electrons. The summed E-state index contributed by atoms with van der Waals surface area (Å²) in [7, 11) is 0. The number of hydrogen-bond acceptors (Lipinski definition) is 5. The van der Waals surface area contributed by atoms with Gasteiger partial charge in [-0.25, -0.2) is 0 Å². The summed E-state index contributed by atoms with van der Waals surface area (Å²) >= 11 is 1.25. The largest absolute Gasteiger partial charge is 0.433 e. The number of halogens is 2. The Morgan fingerprint density at radius 3 is 2.52 bits per heavy atom. The molecule has 1 heterocycles. The Bertz CT molecular complexity index is 966. The van der Waals surface area contributed by atoms with Crippen molar-refractivity contribution in [3.05, 3.63) is 54.6 Å². The fourth-order valence-electron chi connectivity index (χ4n) is 2.68. The van der Waals surface area contributed by atoms with Gasteiger partial charge in [-0.1, -0.05) is 54.2 Å². The lowest BCUT2D eigenvalue weighted by atomic mass is 10.2. The topological polar surface area (TPSA) is 69.0 Å². The van der Waals surface area contributed by atoms with Gasteiger partial charge in [0.1, 0.15) is 5.75 Å². The van der Waals surface area contributed by atoms with Crippen LogP contribution in [0.4, 0.5) is 14.5 Å². The van der Waals surface area contributed by atoms with E-state index in [4.69, 9.17) is 0 Å². The Morgan fingerprint density at radius 1 is 1.14 bits per heavy atom. The maximum atomic E-state index is 12.6. The highest BCUT2D eigenvalue weighted by Gasteiger charge is 2.21. The molecule has 0 saturated heterocycles. The average Bonchev–Trinajstić information content (AvgIpc) is 3.12. The second-order valence-corrected chi connectivity index (χ2v) is 7.35. The van der Waals surface area contributed by atoms with Crippen LogP contribution in [0, 0.1) is 0 Å². The number of anilines is 1. The van der Waals surface area contributed by atoms with Gasteiger partial charge in [0.05, 0.1) is 10.9 Å². The summed E-state index contributed by atoms with van der Waals surface area (Å²) in [6.07, 6.45) is 0. The normalized spacial score (nSPS) is 12.0. The zero-order chi connectivity index (χ0) is 20.8. The lowest BCUT2D eigenvalue weighted by Crippen LogP contribution is -2.23. The molecule has 0 fully saturated rings. The highest BCUT2D eigenvalue weighted by Crippen LogP contribution is 2.29. The molecule has 0 aliphatic carbocycles. The van der Waals surface area contributed by atoms with Gasteiger partial charge in [-0.3, -0.25) is 4.79 Å². The van der Waals surface area contributed by atoms with Gasteiger partial charge in [0, 0.05) is 12.1 Å². The third-order valence-electron chi connectivity index (χ3n) is 4.08. The van der Waals surface area contributed by atoms with E-state index in [1.54, 1.807) is 19.1 Å². The molecule has 3 aromatic rings. The van der Waals surface area contributed by atoms with E-state index in [1.807, 2.05) is 41.8 Å². The van der Waals surface area contributed by atoms with Crippen molar-refractivity contribution in [3.8, 4) is 17.1 Å². The standard InChI is InChI=1S/C20H20F2N4O2S/c1-3-26-17(14-9-5-4-6-10-14)24-25-20(26)29-13(2)18(27)23-15-11-7-8-12-16(15)28-19(21)22/h4-13,19H,3H2,1-2H3,(H,23,27)/t13-/m0/s1. The first-order valence-corrected chi connectivity index (χ1v) is 9.87. The Kier molecular flexibility index (Phi) is 6.82. The third kappa shape index (κ3) is 5.11. The number of hydrogen-bond donors (Lipinski definition) is 1. The van der Waals surface area contributed by atoms with Crippen molar-refractivity contribution in [2.75, 3.05) is 5.32 Å². The number of alkyl halides is 2. The Hall–Kier alpha value is -2.94. The molecule has 0 spiro atoms. The Balaban J connectivity index is 1.73. The monoisotopic (exact) mass is 418 g/mol. The Labute approximate surface area is 171 Å². The summed E-state index contributed by atoms with van der Waals surface area (Å²) in [6.45, 7) is 1.36. The molecular formula is C20H20F2N4O2S. The Morgan fingerprint density at radius 2 is 1.83 bits per heavy atom. The fraction of sp³-hybridized carbons (Fsp3) is 0.250. The lowest BCUT2D eigenvalue weighted by Gasteiger charge is -2.15. The van der Waals surface area contributed by atoms with Gasteiger partial charge in [-0.15, -0.1) is 10.2 Å². The molecule has 1 amide bonds. The minimum atomic E-state index is -2.97. The molecule has 0 aliphatic rings. The maximum Gasteiger partial charge on any atom is 0.387 e. The average molecular weight is 418 g/mol. The number of nitrogens with one attached hydrogen (secondary N) is 1. The van der Waals surface area contributed by atoms with Crippen LogP contribution in [-0.2, 0) is 11.3 Å². The van der Waals surface area contributed by atoms with E-state index >= 15 is 0 Å². The van der Waals surface area contributed by atoms with Crippen LogP contribution in [-0.4, -0.2) is 32.5 Å². The number of thioether (sulfide) groups is 1. The van der Waals surface area contributed by atoms with Crippen molar-refractivity contribution in [2.24, 2.45) is 0 Å². The number of nitrogens with zero attached hydrogens (tertiary/aromatic N) is 3. The molecule has 1 atom stereocenters. The summed E-state index contributed by atoms with van der Waals surface area (Å²) in [5, 5.41) is 11.2. The second-order valence-electron chi connectivity index (χ2n) is 6.04. The van der Waals surface area contributed by atoms with Gasteiger partial charge < -0.3 is 14.6 Å². The number of aromatic nitrogens is 3. The molecule has 0 bridgehead atoms. The first-order chi connectivity index (χ1) is 14.0. The van der Waals surface area contributed by atoms with Crippen LogP contribution in [0.1, 0.15) is 13.8 Å². The van der Waals surface area contributed by atoms with Crippen LogP contribution in [0.2, 0.25) is 0 Å². The van der Waals surface area contributed by atoms with Crippen LogP contribution in [0.25, 0.3) is 11.4 Å². The predicted molar refractivity (Wildman–Crippen MR) is 108 cm³/mol. The lowest BCUT2D eigenvalue weighted by molar-refractivity contribution is -0.115. The molecule has 0 saturated carbocycles. The minimum absolute atomic E-state index is 0.0869. The molecule has 1 N–H and O–H groups in total. The van der Waals surface area contributed by atoms with E-state index in [0.717, 1.165) is 11.4 Å². The highest BCUT2D eigenvalue weighted by atomic mass is 32.2. The van der Waals surface area contributed by atoms with Crippen LogP contribution in [0.5, 0.6) is 5.75 Å². The van der Waals surface area contributed by atoms with Crippen LogP contribution in [0.15, 0.2) is 59.8 Å². The molecular weight excluding hydrogens is 398 g/mol. The van der Waals surface area contributed by atoms with E-state index in [-0.39, 0.29) is 17.3 Å². The number of carbonyl (C=O) groups is 1. The zero-order valence-corrected chi connectivity index (χ0v) is 16.7. The minimum Gasteiger partial charge on any atom is -0.433 e. The molecule has 3 rings (SSSR count). The van der Waals surface area contributed by atoms with Gasteiger partial charge in [-0.05, 0) is 26.0 Å². The molecule has 6 nitrogen and oxygen atoms in total. The molecule has 0 aliphatic heterocycles. The van der Waals surface area contributed by atoms with Gasteiger partial charge in [0.2, 0.25) is 5.91 Å². The summed E-state index contributed by atoms with van der Waals surface area (Å²) < 4.78 is 31.5. The van der Waals surface area contributed by atoms with E-state index in [1.165, 1.54) is 23.9 Å². The van der Waals surface area contributed by atoms with Crippen molar-refractivity contribution in [1.29, 1.82) is 0 Å². The van der Waals surface area contributed by atoms with Crippen molar-refractivity contribution < 1.29 is 18.3 Å². The van der Waals surface area contributed by atoms with E-state index in [9.17, 15) is 13.6 Å². The van der Waals surface area contributed by atoms with E-state index in [2.05, 4.69) is 20.3 Å². The van der Waals surface area contributed by atoms with E-state index < -0.39 is 11.9 Å². The summed E-state index contributed by atoms with van der Waals surface area (Å²) in [5.41, 5.74) is 1.12. The van der Waals surface area contributed by atoms with E-state index in [0.29, 0.717) is 11.7 Å². The molecule has 2 aromatic carbocycles. The molecule has 1 aromatic heterocycles. The summed E-state index contributed by atoms with van der Waals surface area (Å²) in [6, 6.07) is 15.7. The predicted octanol–water partition coefficient (Wildman–Crippen LogP) is 4.69. The van der Waals surface area contributed by atoms with Gasteiger partial charge in [-0.2, -0.15) is 8.78 Å². The first-order valence-electron chi connectivity index (χ1n) is 8.99. The molecule has 152 valence electrons. The summed E-state index contributed by atoms with van der Waals surface area (Å²) in [5.74, 6) is 0.280. The smallest absolute Gasteiger partial charge is 0.387 e. The number of rotatable bonds is 8. The number of benzene rings is 2.